The Balaban J connectivity index is 1.31. The van der Waals surface area contributed by atoms with Crippen LogP contribution in [0.2, 0.25) is 10.0 Å². The number of amides is 1. The minimum atomic E-state index is -0.0109. The first-order chi connectivity index (χ1) is 17.4. The quantitative estimate of drug-likeness (QED) is 0.443. The molecule has 0 radical (unpaired) electrons. The van der Waals surface area contributed by atoms with Crippen LogP contribution in [0.3, 0.4) is 0 Å². The van der Waals surface area contributed by atoms with E-state index in [9.17, 15) is 4.79 Å². The monoisotopic (exact) mass is 550 g/mol. The van der Waals surface area contributed by atoms with Gasteiger partial charge in [0.25, 0.3) is 5.91 Å². The summed E-state index contributed by atoms with van der Waals surface area (Å²) in [5.74, 6) is 0.645. The average molecular weight is 552 g/mol. The third-order valence-corrected chi connectivity index (χ3v) is 9.22. The molecule has 1 aromatic carbocycles. The SMILES string of the molecule is CCN(SC)C1CCN(C2CCN(C(=O)c3ncnc(NCc4ccc(Cl)c(Cl)c4)c3C)CC2)CC1. The van der Waals surface area contributed by atoms with Crippen LogP contribution < -0.4 is 5.32 Å². The van der Waals surface area contributed by atoms with E-state index in [1.165, 1.54) is 19.2 Å². The van der Waals surface area contributed by atoms with Crippen LogP contribution in [-0.2, 0) is 6.54 Å². The highest BCUT2D eigenvalue weighted by Crippen LogP contribution is 2.27. The van der Waals surface area contributed by atoms with Crippen molar-refractivity contribution in [1.82, 2.24) is 24.1 Å². The van der Waals surface area contributed by atoms with Crippen molar-refractivity contribution >= 4 is 46.9 Å². The summed E-state index contributed by atoms with van der Waals surface area (Å²) >= 11 is 14.0. The number of carbonyl (C=O) groups is 1. The van der Waals surface area contributed by atoms with Crippen LogP contribution in [0.25, 0.3) is 0 Å². The molecule has 0 saturated carbocycles. The maximum Gasteiger partial charge on any atom is 0.272 e. The molecule has 10 heteroatoms. The van der Waals surface area contributed by atoms with Crippen molar-refractivity contribution in [2.24, 2.45) is 0 Å². The molecule has 3 heterocycles. The number of likely N-dealkylation sites (tertiary alicyclic amines) is 2. The fourth-order valence-electron chi connectivity index (χ4n) is 5.34. The van der Waals surface area contributed by atoms with Crippen molar-refractivity contribution in [3.05, 3.63) is 51.4 Å². The summed E-state index contributed by atoms with van der Waals surface area (Å²) in [5, 5.41) is 4.35. The Hall–Kier alpha value is -1.58. The Bertz CT molecular complexity index is 1040. The largest absolute Gasteiger partial charge is 0.366 e. The van der Waals surface area contributed by atoms with Gasteiger partial charge in [0, 0.05) is 43.8 Å². The maximum absolute atomic E-state index is 13.4. The van der Waals surface area contributed by atoms with E-state index in [0.29, 0.717) is 40.2 Å². The third kappa shape index (κ3) is 6.45. The van der Waals surface area contributed by atoms with E-state index in [0.717, 1.165) is 56.7 Å². The highest BCUT2D eigenvalue weighted by molar-refractivity contribution is 7.96. The molecule has 0 spiro atoms. The van der Waals surface area contributed by atoms with E-state index >= 15 is 0 Å². The lowest BCUT2D eigenvalue weighted by Gasteiger charge is -2.43. The highest BCUT2D eigenvalue weighted by atomic mass is 35.5. The molecule has 1 aromatic heterocycles. The number of benzene rings is 1. The van der Waals surface area contributed by atoms with Gasteiger partial charge in [0.15, 0.2) is 0 Å². The smallest absolute Gasteiger partial charge is 0.272 e. The minimum absolute atomic E-state index is 0.0109. The number of rotatable bonds is 8. The van der Waals surface area contributed by atoms with Crippen LogP contribution in [0, 0.1) is 6.92 Å². The van der Waals surface area contributed by atoms with Gasteiger partial charge in [-0.25, -0.2) is 14.3 Å². The first-order valence-electron chi connectivity index (χ1n) is 12.7. The van der Waals surface area contributed by atoms with Crippen LogP contribution in [-0.4, -0.2) is 81.0 Å². The van der Waals surface area contributed by atoms with Crippen molar-refractivity contribution in [3.63, 3.8) is 0 Å². The van der Waals surface area contributed by atoms with Crippen molar-refractivity contribution < 1.29 is 4.79 Å². The summed E-state index contributed by atoms with van der Waals surface area (Å²) in [4.78, 5) is 26.7. The van der Waals surface area contributed by atoms with Gasteiger partial charge in [0.2, 0.25) is 0 Å². The minimum Gasteiger partial charge on any atom is -0.366 e. The lowest BCUT2D eigenvalue weighted by molar-refractivity contribution is 0.0540. The van der Waals surface area contributed by atoms with E-state index in [-0.39, 0.29) is 5.91 Å². The first kappa shape index (κ1) is 27.5. The number of nitrogens with one attached hydrogen (secondary N) is 1. The standard InChI is InChI=1S/C26H36Cl2N6OS/c1-4-34(36-3)21-9-11-32(12-10-21)20-7-13-33(14-8-20)26(35)24-18(2)25(31-17-30-24)29-16-19-5-6-22(27)23(28)15-19/h5-6,15,17,20-21H,4,7-14,16H2,1-3H3,(H,29,30,31). The van der Waals surface area contributed by atoms with Gasteiger partial charge in [-0.05, 0) is 69.6 Å². The molecule has 2 aromatic rings. The topological polar surface area (TPSA) is 64.6 Å². The molecule has 7 nitrogen and oxygen atoms in total. The second kappa shape index (κ2) is 12.8. The number of nitrogens with zero attached hydrogens (tertiary/aromatic N) is 5. The predicted octanol–water partition coefficient (Wildman–Crippen LogP) is 5.37. The zero-order valence-corrected chi connectivity index (χ0v) is 23.7. The van der Waals surface area contributed by atoms with E-state index in [1.807, 2.05) is 35.9 Å². The molecule has 0 atom stereocenters. The number of hydrogen-bond acceptors (Lipinski definition) is 7. The summed E-state index contributed by atoms with van der Waals surface area (Å²) < 4.78 is 2.51. The van der Waals surface area contributed by atoms with E-state index in [2.05, 4.69) is 37.7 Å². The normalized spacial score (nSPS) is 18.1. The Morgan fingerprint density at radius 1 is 1.11 bits per heavy atom. The highest BCUT2D eigenvalue weighted by Gasteiger charge is 2.32. The molecule has 4 rings (SSSR count). The summed E-state index contributed by atoms with van der Waals surface area (Å²) in [7, 11) is 0. The molecular weight excluding hydrogens is 515 g/mol. The number of carbonyl (C=O) groups excluding carboxylic acids is 1. The molecule has 196 valence electrons. The van der Waals surface area contributed by atoms with Gasteiger partial charge in [-0.2, -0.15) is 0 Å². The molecule has 2 aliphatic heterocycles. The summed E-state index contributed by atoms with van der Waals surface area (Å²) in [6.07, 6.45) is 8.13. The molecule has 0 aliphatic carbocycles. The van der Waals surface area contributed by atoms with Gasteiger partial charge in [-0.1, -0.05) is 48.1 Å². The summed E-state index contributed by atoms with van der Waals surface area (Å²) in [6, 6.07) is 6.77. The van der Waals surface area contributed by atoms with Gasteiger partial charge in [0.05, 0.1) is 10.0 Å². The fourth-order valence-corrected chi connectivity index (χ4v) is 6.43. The molecule has 0 unspecified atom stereocenters. The number of piperidine rings is 2. The second-order valence-corrected chi connectivity index (χ2v) is 11.2. The second-order valence-electron chi connectivity index (χ2n) is 9.50. The predicted molar refractivity (Wildman–Crippen MR) is 150 cm³/mol. The van der Waals surface area contributed by atoms with Gasteiger partial charge in [-0.3, -0.25) is 4.79 Å². The summed E-state index contributed by atoms with van der Waals surface area (Å²) in [5.41, 5.74) is 2.22. The van der Waals surface area contributed by atoms with Gasteiger partial charge in [-0.15, -0.1) is 0 Å². The number of halogens is 2. The Kier molecular flexibility index (Phi) is 9.75. The number of aromatic nitrogens is 2. The molecule has 2 fully saturated rings. The van der Waals surface area contributed by atoms with E-state index < -0.39 is 0 Å². The molecule has 2 saturated heterocycles. The molecular formula is C26H36Cl2N6OS. The molecule has 2 aliphatic rings. The van der Waals surface area contributed by atoms with Crippen molar-refractivity contribution in [1.29, 1.82) is 0 Å². The zero-order chi connectivity index (χ0) is 25.7. The zero-order valence-electron chi connectivity index (χ0n) is 21.3. The van der Waals surface area contributed by atoms with E-state index in [4.69, 9.17) is 23.2 Å². The Morgan fingerprint density at radius 2 is 1.83 bits per heavy atom. The lowest BCUT2D eigenvalue weighted by Crippen LogP contribution is -2.51. The van der Waals surface area contributed by atoms with Crippen molar-refractivity contribution in [2.75, 3.05) is 44.3 Å². The van der Waals surface area contributed by atoms with Crippen LogP contribution in [0.4, 0.5) is 5.82 Å². The fraction of sp³-hybridized carbons (Fsp3) is 0.577. The van der Waals surface area contributed by atoms with Gasteiger partial charge >= 0.3 is 0 Å². The van der Waals surface area contributed by atoms with Crippen LogP contribution in [0.15, 0.2) is 24.5 Å². The maximum atomic E-state index is 13.4. The summed E-state index contributed by atoms with van der Waals surface area (Å²) in [6.45, 7) is 9.60. The van der Waals surface area contributed by atoms with Crippen LogP contribution in [0.5, 0.6) is 0 Å². The molecule has 1 amide bonds. The Morgan fingerprint density at radius 3 is 2.47 bits per heavy atom. The third-order valence-electron chi connectivity index (χ3n) is 7.45. The van der Waals surface area contributed by atoms with Gasteiger partial charge < -0.3 is 15.1 Å². The van der Waals surface area contributed by atoms with Crippen LogP contribution >= 0.6 is 35.1 Å². The van der Waals surface area contributed by atoms with E-state index in [1.54, 1.807) is 6.07 Å². The molecule has 36 heavy (non-hydrogen) atoms. The molecule has 1 N–H and O–H groups in total. The van der Waals surface area contributed by atoms with Crippen LogP contribution in [0.1, 0.15) is 54.2 Å². The average Bonchev–Trinajstić information content (AvgIpc) is 2.91. The van der Waals surface area contributed by atoms with Crippen molar-refractivity contribution in [2.45, 2.75) is 58.2 Å². The van der Waals surface area contributed by atoms with Gasteiger partial charge in [0.1, 0.15) is 17.8 Å². The first-order valence-corrected chi connectivity index (χ1v) is 14.7. The van der Waals surface area contributed by atoms with Crippen molar-refractivity contribution in [3.8, 4) is 0 Å². The molecule has 0 bridgehead atoms. The Labute approximate surface area is 229 Å². The number of hydrogen-bond donors (Lipinski definition) is 1. The number of anilines is 1. The lowest BCUT2D eigenvalue weighted by atomic mass is 9.97.